The third kappa shape index (κ3) is 1.78. The van der Waals surface area contributed by atoms with Crippen LogP contribution in [0.25, 0.3) is 0 Å². The maximum atomic E-state index is 12.8. The Labute approximate surface area is 74.3 Å². The Morgan fingerprint density at radius 1 is 1.43 bits per heavy atom. The number of halogens is 4. The van der Waals surface area contributed by atoms with Crippen LogP contribution in [0.15, 0.2) is 6.07 Å². The third-order valence-electron chi connectivity index (χ3n) is 1.35. The van der Waals surface area contributed by atoms with Gasteiger partial charge < -0.3 is 10.1 Å². The third-order valence-corrected chi connectivity index (χ3v) is 1.35. The highest BCUT2D eigenvalue weighted by Gasteiger charge is 2.27. The van der Waals surface area contributed by atoms with Crippen molar-refractivity contribution in [2.75, 3.05) is 0 Å². The Morgan fingerprint density at radius 2 is 2.00 bits per heavy atom. The maximum Gasteiger partial charge on any atom is 0.403 e. The molecule has 0 fully saturated rings. The van der Waals surface area contributed by atoms with Crippen LogP contribution in [0.1, 0.15) is 12.0 Å². The van der Waals surface area contributed by atoms with E-state index in [0.717, 1.165) is 0 Å². The SMILES string of the molecule is O=[N+]([O-])c1nc(F)cc(C(F)F)c1F. The molecule has 0 unspecified atom stereocenters. The summed E-state index contributed by atoms with van der Waals surface area (Å²) in [7, 11) is 0. The lowest BCUT2D eigenvalue weighted by Crippen LogP contribution is -2.03. The van der Waals surface area contributed by atoms with E-state index in [-0.39, 0.29) is 6.07 Å². The van der Waals surface area contributed by atoms with Crippen molar-refractivity contribution in [3.63, 3.8) is 0 Å². The average Bonchev–Trinajstić information content (AvgIpc) is 2.07. The van der Waals surface area contributed by atoms with E-state index < -0.39 is 34.5 Å². The molecule has 0 aliphatic rings. The molecule has 1 rings (SSSR count). The van der Waals surface area contributed by atoms with Crippen molar-refractivity contribution < 1.29 is 22.5 Å². The van der Waals surface area contributed by atoms with Gasteiger partial charge in [0.2, 0.25) is 5.82 Å². The second kappa shape index (κ2) is 3.56. The fourth-order valence-corrected chi connectivity index (χ4v) is 0.783. The van der Waals surface area contributed by atoms with Gasteiger partial charge in [0.25, 0.3) is 6.43 Å². The molecular formula is C6H2F4N2O2. The van der Waals surface area contributed by atoms with Crippen LogP contribution in [0.3, 0.4) is 0 Å². The van der Waals surface area contributed by atoms with Crippen molar-refractivity contribution >= 4 is 5.82 Å². The normalized spacial score (nSPS) is 10.6. The van der Waals surface area contributed by atoms with Gasteiger partial charge in [-0.05, 0) is 9.91 Å². The summed E-state index contributed by atoms with van der Waals surface area (Å²) in [5.74, 6) is -4.87. The highest BCUT2D eigenvalue weighted by Crippen LogP contribution is 2.27. The van der Waals surface area contributed by atoms with Crippen LogP contribution in [-0.4, -0.2) is 9.91 Å². The van der Waals surface area contributed by atoms with Gasteiger partial charge in [-0.15, -0.1) is 0 Å². The Kier molecular flexibility index (Phi) is 2.63. The van der Waals surface area contributed by atoms with Crippen LogP contribution >= 0.6 is 0 Å². The van der Waals surface area contributed by atoms with Crippen LogP contribution in [0, 0.1) is 21.9 Å². The van der Waals surface area contributed by atoms with Gasteiger partial charge in [-0.1, -0.05) is 0 Å². The van der Waals surface area contributed by atoms with Crippen molar-refractivity contribution in [2.24, 2.45) is 0 Å². The molecule has 0 aliphatic carbocycles. The molecule has 14 heavy (non-hydrogen) atoms. The smallest absolute Gasteiger partial charge is 0.358 e. The Bertz CT molecular complexity index is 382. The number of hydrogen-bond acceptors (Lipinski definition) is 3. The molecule has 0 N–H and O–H groups in total. The molecule has 1 heterocycles. The zero-order chi connectivity index (χ0) is 10.9. The van der Waals surface area contributed by atoms with E-state index in [0.29, 0.717) is 0 Å². The minimum Gasteiger partial charge on any atom is -0.358 e. The minimum absolute atomic E-state index is 0.118. The van der Waals surface area contributed by atoms with Gasteiger partial charge in [0.1, 0.15) is 0 Å². The molecule has 76 valence electrons. The lowest BCUT2D eigenvalue weighted by atomic mass is 10.2. The highest BCUT2D eigenvalue weighted by molar-refractivity contribution is 5.29. The van der Waals surface area contributed by atoms with Gasteiger partial charge in [-0.2, -0.15) is 8.78 Å². The molecule has 0 amide bonds. The van der Waals surface area contributed by atoms with Crippen LogP contribution in [0.5, 0.6) is 0 Å². The van der Waals surface area contributed by atoms with E-state index in [9.17, 15) is 27.7 Å². The van der Waals surface area contributed by atoms with Crippen molar-refractivity contribution in [3.8, 4) is 0 Å². The van der Waals surface area contributed by atoms with Gasteiger partial charge in [0.05, 0.1) is 5.56 Å². The molecule has 0 saturated heterocycles. The summed E-state index contributed by atoms with van der Waals surface area (Å²) in [5, 5.41) is 10.0. The van der Waals surface area contributed by atoms with Crippen molar-refractivity contribution in [1.82, 2.24) is 4.98 Å². The molecule has 0 spiro atoms. The van der Waals surface area contributed by atoms with Crippen molar-refractivity contribution in [2.45, 2.75) is 6.43 Å². The van der Waals surface area contributed by atoms with Gasteiger partial charge in [0, 0.05) is 6.07 Å². The van der Waals surface area contributed by atoms with Gasteiger partial charge in [0.15, 0.2) is 0 Å². The summed E-state index contributed by atoms with van der Waals surface area (Å²) in [6, 6.07) is 0.118. The number of nitrogens with zero attached hydrogens (tertiary/aromatic N) is 2. The summed E-state index contributed by atoms with van der Waals surface area (Å²) in [6.45, 7) is 0. The molecule has 0 saturated carbocycles. The van der Waals surface area contributed by atoms with Crippen LogP contribution in [-0.2, 0) is 0 Å². The largest absolute Gasteiger partial charge is 0.403 e. The molecule has 8 heteroatoms. The van der Waals surface area contributed by atoms with E-state index in [1.165, 1.54) is 0 Å². The zero-order valence-corrected chi connectivity index (χ0v) is 6.38. The molecule has 1 aromatic rings. The second-order valence-corrected chi connectivity index (χ2v) is 2.23. The first kappa shape index (κ1) is 10.4. The van der Waals surface area contributed by atoms with E-state index >= 15 is 0 Å². The highest BCUT2D eigenvalue weighted by atomic mass is 19.3. The monoisotopic (exact) mass is 210 g/mol. The number of nitro groups is 1. The maximum absolute atomic E-state index is 12.8. The lowest BCUT2D eigenvalue weighted by Gasteiger charge is -2.00. The Hall–Kier alpha value is -1.73. The predicted octanol–water partition coefficient (Wildman–Crippen LogP) is 2.21. The van der Waals surface area contributed by atoms with Gasteiger partial charge in [-0.25, -0.2) is 8.78 Å². The Morgan fingerprint density at radius 3 is 2.43 bits per heavy atom. The standard InChI is InChI=1S/C6H2F4N2O2/c7-3-1-2(5(9)10)4(8)6(11-3)12(13)14/h1,5H. The van der Waals surface area contributed by atoms with Gasteiger partial charge >= 0.3 is 11.8 Å². The predicted molar refractivity (Wildman–Crippen MR) is 35.8 cm³/mol. The fraction of sp³-hybridized carbons (Fsp3) is 0.167. The summed E-state index contributed by atoms with van der Waals surface area (Å²) >= 11 is 0. The summed E-state index contributed by atoms with van der Waals surface area (Å²) < 4.78 is 49.2. The van der Waals surface area contributed by atoms with Gasteiger partial charge in [-0.3, -0.25) is 0 Å². The number of aromatic nitrogens is 1. The van der Waals surface area contributed by atoms with E-state index in [1.54, 1.807) is 0 Å². The summed E-state index contributed by atoms with van der Waals surface area (Å²) in [5.41, 5.74) is -1.37. The lowest BCUT2D eigenvalue weighted by molar-refractivity contribution is -0.392. The molecule has 0 bridgehead atoms. The number of alkyl halides is 2. The van der Waals surface area contributed by atoms with Crippen molar-refractivity contribution in [3.05, 3.63) is 33.5 Å². The van der Waals surface area contributed by atoms with Crippen LogP contribution < -0.4 is 0 Å². The number of hydrogen-bond donors (Lipinski definition) is 0. The van der Waals surface area contributed by atoms with Crippen LogP contribution in [0.2, 0.25) is 0 Å². The summed E-state index contributed by atoms with van der Waals surface area (Å²) in [6.07, 6.45) is -3.33. The Balaban J connectivity index is 3.40. The van der Waals surface area contributed by atoms with Crippen molar-refractivity contribution in [1.29, 1.82) is 0 Å². The van der Waals surface area contributed by atoms with E-state index in [4.69, 9.17) is 0 Å². The van der Waals surface area contributed by atoms with E-state index in [1.807, 2.05) is 0 Å². The quantitative estimate of drug-likeness (QED) is 0.325. The first-order chi connectivity index (χ1) is 6.43. The van der Waals surface area contributed by atoms with Crippen LogP contribution in [0.4, 0.5) is 23.4 Å². The summed E-state index contributed by atoms with van der Waals surface area (Å²) in [4.78, 5) is 11.2. The first-order valence-electron chi connectivity index (χ1n) is 3.22. The molecule has 0 aromatic carbocycles. The molecular weight excluding hydrogens is 208 g/mol. The average molecular weight is 210 g/mol. The molecule has 0 aliphatic heterocycles. The molecule has 4 nitrogen and oxygen atoms in total. The van der Waals surface area contributed by atoms with E-state index in [2.05, 4.69) is 4.98 Å². The first-order valence-corrected chi connectivity index (χ1v) is 3.22. The topological polar surface area (TPSA) is 56.0 Å². The fourth-order valence-electron chi connectivity index (χ4n) is 0.783. The second-order valence-electron chi connectivity index (χ2n) is 2.23. The minimum atomic E-state index is -3.33. The molecule has 0 atom stereocenters. The number of pyridine rings is 1. The molecule has 1 aromatic heterocycles. The molecule has 0 radical (unpaired) electrons. The zero-order valence-electron chi connectivity index (χ0n) is 6.38. The number of rotatable bonds is 2.